The van der Waals surface area contributed by atoms with E-state index in [0.29, 0.717) is 24.0 Å². The van der Waals surface area contributed by atoms with Crippen molar-refractivity contribution in [3.63, 3.8) is 0 Å². The van der Waals surface area contributed by atoms with E-state index < -0.39 is 11.6 Å². The van der Waals surface area contributed by atoms with Crippen molar-refractivity contribution in [1.82, 2.24) is 0 Å². The van der Waals surface area contributed by atoms with Gasteiger partial charge in [0.2, 0.25) is 0 Å². The molecule has 106 valence electrons. The summed E-state index contributed by atoms with van der Waals surface area (Å²) in [4.78, 5) is 0. The van der Waals surface area contributed by atoms with Crippen LogP contribution in [-0.4, -0.2) is 5.84 Å². The highest BCUT2D eigenvalue weighted by Crippen LogP contribution is 2.25. The van der Waals surface area contributed by atoms with Gasteiger partial charge in [-0.2, -0.15) is 0 Å². The molecule has 1 aromatic rings. The summed E-state index contributed by atoms with van der Waals surface area (Å²) in [6.07, 6.45) is 4.43. The fraction of sp³-hybridized carbons (Fsp3) is 0.533. The third kappa shape index (κ3) is 3.75. The summed E-state index contributed by atoms with van der Waals surface area (Å²) in [5, 5.41) is 7.63. The van der Waals surface area contributed by atoms with Gasteiger partial charge in [0.15, 0.2) is 0 Å². The molecule has 0 aromatic heterocycles. The summed E-state index contributed by atoms with van der Waals surface area (Å²) in [6, 6.07) is 0.933. The molecule has 2 nitrogen and oxygen atoms in total. The minimum absolute atomic E-state index is 0.240. The van der Waals surface area contributed by atoms with Crippen molar-refractivity contribution in [2.45, 2.75) is 52.4 Å². The lowest BCUT2D eigenvalue weighted by Crippen LogP contribution is -2.19. The van der Waals surface area contributed by atoms with E-state index in [1.165, 1.54) is 0 Å². The van der Waals surface area contributed by atoms with Crippen LogP contribution in [-0.2, 0) is 12.8 Å². The van der Waals surface area contributed by atoms with E-state index in [-0.39, 0.29) is 11.4 Å². The maximum atomic E-state index is 13.9. The largest absolute Gasteiger partial charge is 0.384 e. The van der Waals surface area contributed by atoms with Crippen molar-refractivity contribution < 1.29 is 8.78 Å². The second-order valence-electron chi connectivity index (χ2n) is 4.79. The number of nitrogens with one attached hydrogen (secondary N) is 1. The molecule has 0 atom stereocenters. The molecular formula is C15H22F2N2. The zero-order chi connectivity index (χ0) is 14.4. The molecule has 0 heterocycles. The van der Waals surface area contributed by atoms with Crippen LogP contribution in [0.2, 0.25) is 0 Å². The van der Waals surface area contributed by atoms with Crippen LogP contribution < -0.4 is 5.73 Å². The number of nitrogen functional groups attached to an aromatic ring is 1. The molecule has 1 rings (SSSR count). The van der Waals surface area contributed by atoms with Crippen molar-refractivity contribution in [3.8, 4) is 0 Å². The Morgan fingerprint density at radius 1 is 1.05 bits per heavy atom. The van der Waals surface area contributed by atoms with Gasteiger partial charge in [-0.05, 0) is 36.8 Å². The van der Waals surface area contributed by atoms with Crippen LogP contribution in [0.15, 0.2) is 6.07 Å². The highest BCUT2D eigenvalue weighted by Gasteiger charge is 2.19. The van der Waals surface area contributed by atoms with Crippen LogP contribution >= 0.6 is 0 Å². The van der Waals surface area contributed by atoms with Crippen molar-refractivity contribution in [3.05, 3.63) is 34.4 Å². The summed E-state index contributed by atoms with van der Waals surface area (Å²) < 4.78 is 27.8. The maximum Gasteiger partial charge on any atom is 0.130 e. The van der Waals surface area contributed by atoms with Gasteiger partial charge in [0.1, 0.15) is 17.5 Å². The van der Waals surface area contributed by atoms with Gasteiger partial charge in [-0.15, -0.1) is 0 Å². The van der Waals surface area contributed by atoms with E-state index in [1.807, 2.05) is 13.8 Å². The predicted molar refractivity (Wildman–Crippen MR) is 74.6 cm³/mol. The Kier molecular flexibility index (Phi) is 5.93. The maximum absolute atomic E-state index is 13.9. The molecule has 0 radical (unpaired) electrons. The SMILES string of the molecule is CCCCc1c(F)cc(F)c(CCCC)c1C(=N)N. The molecule has 0 aliphatic rings. The van der Waals surface area contributed by atoms with Crippen molar-refractivity contribution in [2.24, 2.45) is 5.73 Å². The summed E-state index contributed by atoms with van der Waals surface area (Å²) >= 11 is 0. The lowest BCUT2D eigenvalue weighted by molar-refractivity contribution is 0.555. The van der Waals surface area contributed by atoms with Crippen LogP contribution in [0.1, 0.15) is 56.2 Å². The summed E-state index contributed by atoms with van der Waals surface area (Å²) in [6.45, 7) is 4.01. The van der Waals surface area contributed by atoms with Crippen LogP contribution in [0.5, 0.6) is 0 Å². The van der Waals surface area contributed by atoms with Gasteiger partial charge >= 0.3 is 0 Å². The number of unbranched alkanes of at least 4 members (excludes halogenated alkanes) is 2. The molecule has 0 saturated heterocycles. The fourth-order valence-corrected chi connectivity index (χ4v) is 2.23. The van der Waals surface area contributed by atoms with Gasteiger partial charge in [-0.1, -0.05) is 26.7 Å². The van der Waals surface area contributed by atoms with Crippen LogP contribution in [0.4, 0.5) is 8.78 Å². The standard InChI is InChI=1S/C15H22F2N2/c1-3-5-7-10-12(16)9-13(17)11(8-6-4-2)14(10)15(18)19/h9H,3-8H2,1-2H3,(H3,18,19). The molecule has 0 amide bonds. The van der Waals surface area contributed by atoms with Gasteiger partial charge in [0.25, 0.3) is 0 Å². The van der Waals surface area contributed by atoms with Gasteiger partial charge in [0, 0.05) is 11.6 Å². The van der Waals surface area contributed by atoms with E-state index in [9.17, 15) is 8.78 Å². The lowest BCUT2D eigenvalue weighted by Gasteiger charge is -2.15. The van der Waals surface area contributed by atoms with Crippen LogP contribution in [0, 0.1) is 17.0 Å². The number of amidine groups is 1. The van der Waals surface area contributed by atoms with E-state index in [1.54, 1.807) is 0 Å². The average molecular weight is 268 g/mol. The second kappa shape index (κ2) is 7.22. The molecular weight excluding hydrogens is 246 g/mol. The monoisotopic (exact) mass is 268 g/mol. The molecule has 0 spiro atoms. The molecule has 0 bridgehead atoms. The Balaban J connectivity index is 3.31. The smallest absolute Gasteiger partial charge is 0.130 e. The summed E-state index contributed by atoms with van der Waals surface area (Å²) in [5.41, 5.74) is 6.61. The Morgan fingerprint density at radius 3 is 1.79 bits per heavy atom. The third-order valence-electron chi connectivity index (χ3n) is 3.26. The van der Waals surface area contributed by atoms with E-state index in [2.05, 4.69) is 0 Å². The molecule has 3 N–H and O–H groups in total. The first-order valence-electron chi connectivity index (χ1n) is 6.87. The summed E-state index contributed by atoms with van der Waals surface area (Å²) in [7, 11) is 0. The zero-order valence-electron chi connectivity index (χ0n) is 11.7. The molecule has 0 aliphatic heterocycles. The normalized spacial score (nSPS) is 10.7. The van der Waals surface area contributed by atoms with Crippen LogP contribution in [0.3, 0.4) is 0 Å². The Bertz CT molecular complexity index is 424. The van der Waals surface area contributed by atoms with E-state index in [4.69, 9.17) is 11.1 Å². The summed E-state index contributed by atoms with van der Waals surface area (Å²) in [5.74, 6) is -1.41. The van der Waals surface area contributed by atoms with Crippen molar-refractivity contribution in [1.29, 1.82) is 5.41 Å². The minimum Gasteiger partial charge on any atom is -0.384 e. The predicted octanol–water partition coefficient (Wildman–Crippen LogP) is 3.93. The number of halogens is 2. The second-order valence-corrected chi connectivity index (χ2v) is 4.79. The topological polar surface area (TPSA) is 49.9 Å². The molecule has 0 aliphatic carbocycles. The third-order valence-corrected chi connectivity index (χ3v) is 3.26. The average Bonchev–Trinajstić information content (AvgIpc) is 2.35. The van der Waals surface area contributed by atoms with Gasteiger partial charge < -0.3 is 5.73 Å². The van der Waals surface area contributed by atoms with Gasteiger partial charge in [0.05, 0.1) is 0 Å². The van der Waals surface area contributed by atoms with Gasteiger partial charge in [-0.25, -0.2) is 8.78 Å². The first-order chi connectivity index (χ1) is 9.02. The highest BCUT2D eigenvalue weighted by molar-refractivity contribution is 5.98. The van der Waals surface area contributed by atoms with E-state index in [0.717, 1.165) is 31.7 Å². The Hall–Kier alpha value is -1.45. The number of rotatable bonds is 7. The molecule has 0 fully saturated rings. The van der Waals surface area contributed by atoms with E-state index >= 15 is 0 Å². The minimum atomic E-state index is -0.587. The Morgan fingerprint density at radius 2 is 1.47 bits per heavy atom. The Labute approximate surface area is 113 Å². The number of nitrogens with two attached hydrogens (primary N) is 1. The molecule has 0 saturated carbocycles. The molecule has 19 heavy (non-hydrogen) atoms. The van der Waals surface area contributed by atoms with Crippen LogP contribution in [0.25, 0.3) is 0 Å². The lowest BCUT2D eigenvalue weighted by atomic mass is 9.92. The highest BCUT2D eigenvalue weighted by atomic mass is 19.1. The number of hydrogen-bond donors (Lipinski definition) is 2. The van der Waals surface area contributed by atoms with Crippen molar-refractivity contribution in [2.75, 3.05) is 0 Å². The number of hydrogen-bond acceptors (Lipinski definition) is 1. The fourth-order valence-electron chi connectivity index (χ4n) is 2.23. The van der Waals surface area contributed by atoms with Crippen molar-refractivity contribution >= 4 is 5.84 Å². The molecule has 0 unspecified atom stereocenters. The molecule has 1 aromatic carbocycles. The number of benzene rings is 1. The quantitative estimate of drug-likeness (QED) is 0.571. The first kappa shape index (κ1) is 15.6. The first-order valence-corrected chi connectivity index (χ1v) is 6.87. The van der Waals surface area contributed by atoms with Gasteiger partial charge in [-0.3, -0.25) is 5.41 Å². The molecule has 4 heteroatoms. The zero-order valence-corrected chi connectivity index (χ0v) is 11.7.